The van der Waals surface area contributed by atoms with Gasteiger partial charge < -0.3 is 20.1 Å². The molecule has 0 saturated heterocycles. The molecule has 2 amide bonds. The zero-order valence-electron chi connectivity index (χ0n) is 19.6. The van der Waals surface area contributed by atoms with Crippen LogP contribution in [0.25, 0.3) is 10.9 Å². The molecule has 0 saturated carbocycles. The summed E-state index contributed by atoms with van der Waals surface area (Å²) in [4.78, 5) is 16.4. The second-order valence-electron chi connectivity index (χ2n) is 7.84. The number of anilines is 2. The van der Waals surface area contributed by atoms with Crippen LogP contribution in [0.2, 0.25) is 0 Å². The zero-order valence-corrected chi connectivity index (χ0v) is 19.6. The largest absolute Gasteiger partial charge is 0.492 e. The summed E-state index contributed by atoms with van der Waals surface area (Å²) in [6.45, 7) is 0.264. The number of hydrogen-bond donors (Lipinski definition) is 2. The quantitative estimate of drug-likeness (QED) is 0.253. The number of carbonyl (C=O) groups excluding carboxylic acids is 1. The normalized spacial score (nSPS) is 10.3. The van der Waals surface area contributed by atoms with Crippen molar-refractivity contribution in [3.63, 3.8) is 0 Å². The van der Waals surface area contributed by atoms with Gasteiger partial charge >= 0.3 is 6.03 Å². The lowest BCUT2D eigenvalue weighted by Gasteiger charge is -2.13. The van der Waals surface area contributed by atoms with Crippen LogP contribution >= 0.6 is 0 Å². The molecule has 1 heterocycles. The maximum Gasteiger partial charge on any atom is 0.323 e. The highest BCUT2D eigenvalue weighted by molar-refractivity contribution is 6.00. The minimum atomic E-state index is -0.980. The molecule has 3 aromatic carbocycles. The Morgan fingerprint density at radius 2 is 1.66 bits per heavy atom. The summed E-state index contributed by atoms with van der Waals surface area (Å²) in [6.07, 6.45) is 2.32. The number of urea groups is 1. The van der Waals surface area contributed by atoms with E-state index in [4.69, 9.17) is 14.7 Å². The van der Waals surface area contributed by atoms with Crippen molar-refractivity contribution in [2.24, 2.45) is 0 Å². The van der Waals surface area contributed by atoms with E-state index in [9.17, 15) is 23.2 Å². The number of benzene rings is 3. The lowest BCUT2D eigenvalue weighted by Crippen LogP contribution is -2.20. The number of halogens is 3. The SMILES string of the molecule is N#CCCCOc1cc2nccc(Oc3ccc(NC(=O)Nc4ccc(F)cc4F)c(F)c3)c2cc1C#N. The van der Waals surface area contributed by atoms with Gasteiger partial charge in [0, 0.05) is 36.2 Å². The van der Waals surface area contributed by atoms with E-state index < -0.39 is 23.5 Å². The maximum absolute atomic E-state index is 14.7. The lowest BCUT2D eigenvalue weighted by atomic mass is 10.1. The van der Waals surface area contributed by atoms with Crippen LogP contribution in [0.4, 0.5) is 29.3 Å². The molecule has 0 unspecified atom stereocenters. The number of fused-ring (bicyclic) bond motifs is 1. The molecule has 0 spiro atoms. The molecule has 0 fully saturated rings. The van der Waals surface area contributed by atoms with Gasteiger partial charge in [-0.25, -0.2) is 18.0 Å². The van der Waals surface area contributed by atoms with Crippen LogP contribution in [0.3, 0.4) is 0 Å². The highest BCUT2D eigenvalue weighted by Crippen LogP contribution is 2.34. The number of amides is 2. The molecule has 11 heteroatoms. The number of carbonyl (C=O) groups is 1. The number of rotatable bonds is 8. The summed E-state index contributed by atoms with van der Waals surface area (Å²) in [6, 6.07) is 14.1. The standard InChI is InChI=1S/C27H18F3N5O3/c28-17-3-5-22(20(29)12-17)34-27(36)35-23-6-4-18(13-21(23)30)38-25-7-9-33-24-14-26(37-10-2-1-8-31)16(15-32)11-19(24)25/h3-7,9,11-14H,1-2,10H2,(H2,34,35,36). The minimum absolute atomic E-state index is 0.0980. The van der Waals surface area contributed by atoms with E-state index in [2.05, 4.69) is 21.7 Å². The Morgan fingerprint density at radius 3 is 2.34 bits per heavy atom. The predicted octanol–water partition coefficient (Wildman–Crippen LogP) is 6.64. The van der Waals surface area contributed by atoms with Crippen LogP contribution in [0, 0.1) is 40.1 Å². The molecule has 4 rings (SSSR count). The number of ether oxygens (including phenoxy) is 2. The first-order chi connectivity index (χ1) is 18.4. The van der Waals surface area contributed by atoms with Crippen molar-refractivity contribution in [2.45, 2.75) is 12.8 Å². The number of pyridine rings is 1. The molecule has 0 aliphatic rings. The van der Waals surface area contributed by atoms with Gasteiger partial charge in [0.2, 0.25) is 0 Å². The van der Waals surface area contributed by atoms with Crippen molar-refractivity contribution < 1.29 is 27.4 Å². The monoisotopic (exact) mass is 517 g/mol. The topological polar surface area (TPSA) is 120 Å². The molecule has 2 N–H and O–H groups in total. The third-order valence-corrected chi connectivity index (χ3v) is 5.21. The Morgan fingerprint density at radius 1 is 0.921 bits per heavy atom. The van der Waals surface area contributed by atoms with Crippen molar-refractivity contribution in [3.05, 3.63) is 83.8 Å². The van der Waals surface area contributed by atoms with Gasteiger partial charge in [-0.2, -0.15) is 10.5 Å². The van der Waals surface area contributed by atoms with E-state index in [0.717, 1.165) is 18.2 Å². The molecule has 4 aromatic rings. The van der Waals surface area contributed by atoms with Crippen molar-refractivity contribution in [1.29, 1.82) is 10.5 Å². The first kappa shape index (κ1) is 25.8. The van der Waals surface area contributed by atoms with E-state index in [1.807, 2.05) is 6.07 Å². The fourth-order valence-corrected chi connectivity index (χ4v) is 3.43. The Kier molecular flexibility index (Phi) is 7.89. The Hall–Kier alpha value is -5.29. The predicted molar refractivity (Wildman–Crippen MR) is 132 cm³/mol. The smallest absolute Gasteiger partial charge is 0.323 e. The maximum atomic E-state index is 14.7. The van der Waals surface area contributed by atoms with Gasteiger partial charge in [0.15, 0.2) is 0 Å². The molecular weight excluding hydrogens is 499 g/mol. The molecule has 0 bridgehead atoms. The summed E-state index contributed by atoms with van der Waals surface area (Å²) >= 11 is 0. The number of aromatic nitrogens is 1. The van der Waals surface area contributed by atoms with Crippen LogP contribution in [0.15, 0.2) is 60.8 Å². The van der Waals surface area contributed by atoms with E-state index >= 15 is 0 Å². The Bertz CT molecular complexity index is 1600. The van der Waals surface area contributed by atoms with E-state index in [-0.39, 0.29) is 29.3 Å². The summed E-state index contributed by atoms with van der Waals surface area (Å²) in [5, 5.41) is 23.1. The number of nitrogens with one attached hydrogen (secondary N) is 2. The van der Waals surface area contributed by atoms with Gasteiger partial charge in [0.05, 0.1) is 35.1 Å². The highest BCUT2D eigenvalue weighted by Gasteiger charge is 2.14. The Labute approximate surface area is 214 Å². The lowest BCUT2D eigenvalue weighted by molar-refractivity contribution is 0.262. The number of nitriles is 2. The molecule has 0 aliphatic heterocycles. The van der Waals surface area contributed by atoms with Gasteiger partial charge in [-0.15, -0.1) is 0 Å². The molecule has 0 radical (unpaired) electrons. The minimum Gasteiger partial charge on any atom is -0.492 e. The van der Waals surface area contributed by atoms with Crippen LogP contribution in [-0.4, -0.2) is 17.6 Å². The van der Waals surface area contributed by atoms with Gasteiger partial charge in [-0.1, -0.05) is 0 Å². The van der Waals surface area contributed by atoms with Crippen molar-refractivity contribution >= 4 is 28.3 Å². The average Bonchev–Trinajstić information content (AvgIpc) is 2.89. The molecule has 0 atom stereocenters. The first-order valence-electron chi connectivity index (χ1n) is 11.2. The summed E-state index contributed by atoms with van der Waals surface area (Å²) in [5.74, 6) is -1.90. The third-order valence-electron chi connectivity index (χ3n) is 5.21. The van der Waals surface area contributed by atoms with Gasteiger partial charge in [-0.05, 0) is 42.8 Å². The van der Waals surface area contributed by atoms with Crippen LogP contribution in [0.1, 0.15) is 18.4 Å². The van der Waals surface area contributed by atoms with Crippen molar-refractivity contribution in [1.82, 2.24) is 4.98 Å². The van der Waals surface area contributed by atoms with Crippen LogP contribution in [0.5, 0.6) is 17.2 Å². The van der Waals surface area contributed by atoms with Crippen molar-refractivity contribution in [2.75, 3.05) is 17.2 Å². The Balaban J connectivity index is 1.50. The summed E-state index contributed by atoms with van der Waals surface area (Å²) in [7, 11) is 0. The average molecular weight is 517 g/mol. The number of hydrogen-bond acceptors (Lipinski definition) is 6. The fraction of sp³-hybridized carbons (Fsp3) is 0.111. The summed E-state index contributed by atoms with van der Waals surface area (Å²) in [5.41, 5.74) is 0.227. The second-order valence-corrected chi connectivity index (χ2v) is 7.84. The molecule has 190 valence electrons. The molecular formula is C27H18F3N5O3. The molecule has 38 heavy (non-hydrogen) atoms. The molecule has 8 nitrogen and oxygen atoms in total. The van der Waals surface area contributed by atoms with Gasteiger partial charge in [0.25, 0.3) is 0 Å². The molecule has 1 aromatic heterocycles. The number of nitrogens with zero attached hydrogens (tertiary/aromatic N) is 3. The van der Waals surface area contributed by atoms with Crippen molar-refractivity contribution in [3.8, 4) is 29.4 Å². The van der Waals surface area contributed by atoms with Crippen LogP contribution in [-0.2, 0) is 0 Å². The first-order valence-corrected chi connectivity index (χ1v) is 11.2. The van der Waals surface area contributed by atoms with Crippen LogP contribution < -0.4 is 20.1 Å². The third kappa shape index (κ3) is 6.09. The van der Waals surface area contributed by atoms with E-state index in [1.165, 1.54) is 18.3 Å². The highest BCUT2D eigenvalue weighted by atomic mass is 19.1. The van der Waals surface area contributed by atoms with E-state index in [1.54, 1.807) is 18.2 Å². The molecule has 0 aliphatic carbocycles. The zero-order chi connectivity index (χ0) is 27.1. The van der Waals surface area contributed by atoms with Gasteiger partial charge in [-0.3, -0.25) is 4.98 Å². The van der Waals surface area contributed by atoms with E-state index in [0.29, 0.717) is 41.3 Å². The fourth-order valence-electron chi connectivity index (χ4n) is 3.43. The van der Waals surface area contributed by atoms with Gasteiger partial charge in [0.1, 0.15) is 40.8 Å². The summed E-state index contributed by atoms with van der Waals surface area (Å²) < 4.78 is 52.9. The second kappa shape index (κ2) is 11.6. The number of unbranched alkanes of at least 4 members (excludes halogenated alkanes) is 1.